The van der Waals surface area contributed by atoms with Gasteiger partial charge in [-0.15, -0.1) is 0 Å². The summed E-state index contributed by atoms with van der Waals surface area (Å²) in [6, 6.07) is 11.5. The van der Waals surface area contributed by atoms with Crippen molar-refractivity contribution < 1.29 is 29.0 Å². The summed E-state index contributed by atoms with van der Waals surface area (Å²) >= 11 is 6.05. The van der Waals surface area contributed by atoms with E-state index in [1.165, 1.54) is 12.1 Å². The standard InChI is InChI=1S/C20H17ClN2O6/c21-14-4-2-1-3-13(14)19(26)23-15(20(27)22-8-7-18(24)25)9-12-5-6-16-17(10-12)29-11-28-16/h1-6,9-10H,7-8,11H2,(H,22,27)(H,23,26)(H,24,25)/b15-9-. The van der Waals surface area contributed by atoms with E-state index < -0.39 is 17.8 Å². The van der Waals surface area contributed by atoms with E-state index in [0.717, 1.165) is 0 Å². The molecule has 0 saturated carbocycles. The van der Waals surface area contributed by atoms with Crippen LogP contribution in [0, 0.1) is 0 Å². The number of ether oxygens (including phenoxy) is 2. The highest BCUT2D eigenvalue weighted by Gasteiger charge is 2.18. The topological polar surface area (TPSA) is 114 Å². The molecule has 0 aromatic heterocycles. The molecule has 150 valence electrons. The van der Waals surface area contributed by atoms with Gasteiger partial charge in [0.05, 0.1) is 17.0 Å². The molecule has 0 atom stereocenters. The van der Waals surface area contributed by atoms with E-state index >= 15 is 0 Å². The van der Waals surface area contributed by atoms with Crippen molar-refractivity contribution in [1.82, 2.24) is 10.6 Å². The monoisotopic (exact) mass is 416 g/mol. The van der Waals surface area contributed by atoms with Gasteiger partial charge in [-0.1, -0.05) is 29.8 Å². The molecule has 1 heterocycles. The van der Waals surface area contributed by atoms with Crippen molar-refractivity contribution in [2.24, 2.45) is 0 Å². The van der Waals surface area contributed by atoms with E-state index in [1.807, 2.05) is 0 Å². The Morgan fingerprint density at radius 1 is 1.10 bits per heavy atom. The van der Waals surface area contributed by atoms with Gasteiger partial charge in [-0.05, 0) is 35.9 Å². The van der Waals surface area contributed by atoms with Gasteiger partial charge < -0.3 is 25.2 Å². The second-order valence-electron chi connectivity index (χ2n) is 6.00. The zero-order chi connectivity index (χ0) is 20.8. The smallest absolute Gasteiger partial charge is 0.305 e. The Kier molecular flexibility index (Phi) is 6.36. The van der Waals surface area contributed by atoms with Crippen LogP contribution in [0.25, 0.3) is 6.08 Å². The molecule has 1 aliphatic rings. The lowest BCUT2D eigenvalue weighted by atomic mass is 10.1. The number of fused-ring (bicyclic) bond motifs is 1. The number of carbonyl (C=O) groups excluding carboxylic acids is 2. The average molecular weight is 417 g/mol. The minimum atomic E-state index is -1.05. The summed E-state index contributed by atoms with van der Waals surface area (Å²) in [6.07, 6.45) is 1.20. The number of carboxylic acid groups (broad SMARTS) is 1. The third-order valence-electron chi connectivity index (χ3n) is 3.94. The summed E-state index contributed by atoms with van der Waals surface area (Å²) in [6.45, 7) is 0.0167. The molecule has 2 aromatic carbocycles. The summed E-state index contributed by atoms with van der Waals surface area (Å²) in [5.74, 6) is -1.16. The maximum absolute atomic E-state index is 12.6. The summed E-state index contributed by atoms with van der Waals surface area (Å²) in [7, 11) is 0. The number of nitrogens with one attached hydrogen (secondary N) is 2. The van der Waals surface area contributed by atoms with Crippen LogP contribution in [-0.4, -0.2) is 36.2 Å². The summed E-state index contributed by atoms with van der Waals surface area (Å²) in [5.41, 5.74) is 0.709. The number of amides is 2. The molecule has 0 fully saturated rings. The quantitative estimate of drug-likeness (QED) is 0.597. The third-order valence-corrected chi connectivity index (χ3v) is 4.27. The number of carboxylic acids is 1. The SMILES string of the molecule is O=C(O)CCNC(=O)/C(=C/c1ccc2c(c1)OCO2)NC(=O)c1ccccc1Cl. The summed E-state index contributed by atoms with van der Waals surface area (Å²) in [5, 5.41) is 14.0. The van der Waals surface area contributed by atoms with Crippen LogP contribution < -0.4 is 20.1 Å². The molecule has 0 saturated heterocycles. The lowest BCUT2D eigenvalue weighted by Gasteiger charge is -2.11. The maximum Gasteiger partial charge on any atom is 0.305 e. The molecule has 0 spiro atoms. The molecule has 3 rings (SSSR count). The van der Waals surface area contributed by atoms with Crippen LogP contribution in [0.1, 0.15) is 22.3 Å². The van der Waals surface area contributed by atoms with Gasteiger partial charge in [-0.25, -0.2) is 0 Å². The molecule has 2 aromatic rings. The Balaban J connectivity index is 1.84. The van der Waals surface area contributed by atoms with Gasteiger partial charge in [0.2, 0.25) is 6.79 Å². The van der Waals surface area contributed by atoms with Crippen molar-refractivity contribution in [3.8, 4) is 11.5 Å². The minimum Gasteiger partial charge on any atom is -0.481 e. The Morgan fingerprint density at radius 2 is 1.86 bits per heavy atom. The molecule has 0 bridgehead atoms. The Hall–Kier alpha value is -3.52. The highest BCUT2D eigenvalue weighted by Crippen LogP contribution is 2.33. The van der Waals surface area contributed by atoms with E-state index in [0.29, 0.717) is 17.1 Å². The van der Waals surface area contributed by atoms with Gasteiger partial charge in [0.15, 0.2) is 11.5 Å². The van der Waals surface area contributed by atoms with E-state index in [4.69, 9.17) is 26.2 Å². The van der Waals surface area contributed by atoms with Gasteiger partial charge in [0.1, 0.15) is 5.70 Å². The number of carbonyl (C=O) groups is 3. The highest BCUT2D eigenvalue weighted by atomic mass is 35.5. The van der Waals surface area contributed by atoms with Crippen LogP contribution in [0.15, 0.2) is 48.2 Å². The molecule has 9 heteroatoms. The number of hydrogen-bond donors (Lipinski definition) is 3. The van der Waals surface area contributed by atoms with Gasteiger partial charge >= 0.3 is 5.97 Å². The lowest BCUT2D eigenvalue weighted by molar-refractivity contribution is -0.136. The second kappa shape index (κ2) is 9.11. The zero-order valence-corrected chi connectivity index (χ0v) is 15.9. The van der Waals surface area contributed by atoms with Gasteiger partial charge in [0.25, 0.3) is 11.8 Å². The van der Waals surface area contributed by atoms with Crippen LogP contribution in [0.5, 0.6) is 11.5 Å². The number of halogens is 1. The van der Waals surface area contributed by atoms with Crippen LogP contribution in [0.3, 0.4) is 0 Å². The number of benzene rings is 2. The first kappa shape index (κ1) is 20.2. The molecule has 0 aliphatic carbocycles. The van der Waals surface area contributed by atoms with Crippen LogP contribution in [0.2, 0.25) is 5.02 Å². The largest absolute Gasteiger partial charge is 0.481 e. The first-order valence-corrected chi connectivity index (χ1v) is 8.99. The van der Waals surface area contributed by atoms with Crippen molar-refractivity contribution >= 4 is 35.5 Å². The molecule has 0 radical (unpaired) electrons. The summed E-state index contributed by atoms with van der Waals surface area (Å²) < 4.78 is 10.6. The molecule has 0 unspecified atom stereocenters. The third kappa shape index (κ3) is 5.26. The molecular weight excluding hydrogens is 400 g/mol. The van der Waals surface area contributed by atoms with Crippen molar-refractivity contribution in [2.75, 3.05) is 13.3 Å². The molecule has 2 amide bonds. The fourth-order valence-corrected chi connectivity index (χ4v) is 2.76. The average Bonchev–Trinajstić information content (AvgIpc) is 3.15. The number of aliphatic carboxylic acids is 1. The van der Waals surface area contributed by atoms with Crippen molar-refractivity contribution in [3.05, 3.63) is 64.3 Å². The number of rotatable bonds is 7. The Labute approximate surface area is 171 Å². The Morgan fingerprint density at radius 3 is 2.62 bits per heavy atom. The fourth-order valence-electron chi connectivity index (χ4n) is 2.54. The molecular formula is C20H17ClN2O6. The van der Waals surface area contributed by atoms with Crippen molar-refractivity contribution in [3.63, 3.8) is 0 Å². The normalized spacial score (nSPS) is 12.4. The Bertz CT molecular complexity index is 989. The zero-order valence-electron chi connectivity index (χ0n) is 15.1. The first-order chi connectivity index (χ1) is 13.9. The predicted molar refractivity (Wildman–Crippen MR) is 105 cm³/mol. The lowest BCUT2D eigenvalue weighted by Crippen LogP contribution is -2.35. The van der Waals surface area contributed by atoms with Crippen LogP contribution in [-0.2, 0) is 9.59 Å². The molecule has 8 nitrogen and oxygen atoms in total. The highest BCUT2D eigenvalue weighted by molar-refractivity contribution is 6.34. The van der Waals surface area contributed by atoms with Gasteiger partial charge in [-0.3, -0.25) is 14.4 Å². The molecule has 1 aliphatic heterocycles. The van der Waals surface area contributed by atoms with Gasteiger partial charge in [-0.2, -0.15) is 0 Å². The molecule has 29 heavy (non-hydrogen) atoms. The fraction of sp³-hybridized carbons (Fsp3) is 0.150. The van der Waals surface area contributed by atoms with Crippen molar-refractivity contribution in [2.45, 2.75) is 6.42 Å². The predicted octanol–water partition coefficient (Wildman–Crippen LogP) is 2.43. The second-order valence-corrected chi connectivity index (χ2v) is 6.41. The van der Waals surface area contributed by atoms with Crippen LogP contribution in [0.4, 0.5) is 0 Å². The van der Waals surface area contributed by atoms with E-state index in [-0.39, 0.29) is 36.0 Å². The first-order valence-electron chi connectivity index (χ1n) is 8.61. The van der Waals surface area contributed by atoms with E-state index in [9.17, 15) is 14.4 Å². The molecule has 3 N–H and O–H groups in total. The van der Waals surface area contributed by atoms with Gasteiger partial charge in [0, 0.05) is 6.54 Å². The van der Waals surface area contributed by atoms with Crippen LogP contribution >= 0.6 is 11.6 Å². The van der Waals surface area contributed by atoms with E-state index in [1.54, 1.807) is 36.4 Å². The maximum atomic E-state index is 12.6. The summed E-state index contributed by atoms with van der Waals surface area (Å²) in [4.78, 5) is 35.8. The minimum absolute atomic E-state index is 0.0702. The van der Waals surface area contributed by atoms with Crippen molar-refractivity contribution in [1.29, 1.82) is 0 Å². The van der Waals surface area contributed by atoms with E-state index in [2.05, 4.69) is 10.6 Å². The number of hydrogen-bond acceptors (Lipinski definition) is 5.